The first-order valence-electron chi connectivity index (χ1n) is 5.43. The van der Waals surface area contributed by atoms with Crippen molar-refractivity contribution >= 4 is 12.3 Å². The molecule has 1 atom stereocenters. The quantitative estimate of drug-likeness (QED) is 0.480. The molecule has 1 unspecified atom stereocenters. The molecule has 0 N–H and O–H groups in total. The Labute approximate surface area is 107 Å². The lowest BCUT2D eigenvalue weighted by Gasteiger charge is -2.21. The molecule has 0 aliphatic heterocycles. The van der Waals surface area contributed by atoms with Gasteiger partial charge in [-0.1, -0.05) is 6.07 Å². The molecule has 0 aliphatic rings. The van der Waals surface area contributed by atoms with Crippen LogP contribution in [0.5, 0.6) is 0 Å². The SMILES string of the molecule is CCOC(=O)C(C)(C=O)c1ccc(C(F)(F)F)nc1. The summed E-state index contributed by atoms with van der Waals surface area (Å²) in [5, 5.41) is 0. The van der Waals surface area contributed by atoms with E-state index in [-0.39, 0.29) is 12.2 Å². The summed E-state index contributed by atoms with van der Waals surface area (Å²) < 4.78 is 41.8. The largest absolute Gasteiger partial charge is 0.465 e. The Morgan fingerprint density at radius 3 is 2.42 bits per heavy atom. The number of carbonyl (C=O) groups excluding carboxylic acids is 2. The predicted octanol–water partition coefficient (Wildman–Crippen LogP) is 2.12. The highest BCUT2D eigenvalue weighted by Crippen LogP contribution is 2.29. The van der Waals surface area contributed by atoms with E-state index >= 15 is 0 Å². The lowest BCUT2D eigenvalue weighted by Crippen LogP contribution is -2.36. The van der Waals surface area contributed by atoms with Gasteiger partial charge in [-0.3, -0.25) is 9.78 Å². The zero-order chi connectivity index (χ0) is 14.7. The Morgan fingerprint density at radius 2 is 2.05 bits per heavy atom. The van der Waals surface area contributed by atoms with Crippen molar-refractivity contribution in [3.05, 3.63) is 29.6 Å². The highest BCUT2D eigenvalue weighted by Gasteiger charge is 2.38. The van der Waals surface area contributed by atoms with E-state index in [2.05, 4.69) is 4.98 Å². The van der Waals surface area contributed by atoms with Crippen molar-refractivity contribution in [1.29, 1.82) is 0 Å². The van der Waals surface area contributed by atoms with E-state index in [1.54, 1.807) is 6.92 Å². The molecule has 1 aromatic rings. The zero-order valence-electron chi connectivity index (χ0n) is 10.3. The number of alkyl halides is 3. The topological polar surface area (TPSA) is 56.3 Å². The standard InChI is InChI=1S/C12H12F3NO3/c1-3-19-10(18)11(2,7-17)8-4-5-9(16-6-8)12(13,14)15/h4-7H,3H2,1-2H3. The van der Waals surface area contributed by atoms with Gasteiger partial charge in [-0.25, -0.2) is 0 Å². The summed E-state index contributed by atoms with van der Waals surface area (Å²) in [5.74, 6) is -0.827. The number of hydrogen-bond donors (Lipinski definition) is 0. The van der Waals surface area contributed by atoms with E-state index in [1.165, 1.54) is 6.92 Å². The first-order valence-corrected chi connectivity index (χ1v) is 5.43. The Balaban J connectivity index is 3.13. The van der Waals surface area contributed by atoms with Crippen LogP contribution in [0.3, 0.4) is 0 Å². The second-order valence-corrected chi connectivity index (χ2v) is 3.97. The minimum atomic E-state index is -4.57. The molecule has 4 nitrogen and oxygen atoms in total. The summed E-state index contributed by atoms with van der Waals surface area (Å²) in [6.07, 6.45) is -3.39. The van der Waals surface area contributed by atoms with E-state index in [4.69, 9.17) is 4.74 Å². The first-order chi connectivity index (χ1) is 8.75. The molecular weight excluding hydrogens is 263 g/mol. The second-order valence-electron chi connectivity index (χ2n) is 3.97. The predicted molar refractivity (Wildman–Crippen MR) is 59.3 cm³/mol. The number of carbonyl (C=O) groups is 2. The van der Waals surface area contributed by atoms with Crippen LogP contribution in [0.25, 0.3) is 0 Å². The molecule has 1 heterocycles. The van der Waals surface area contributed by atoms with Crippen LogP contribution in [-0.4, -0.2) is 23.8 Å². The van der Waals surface area contributed by atoms with Crippen LogP contribution in [0.1, 0.15) is 25.1 Å². The van der Waals surface area contributed by atoms with Crippen molar-refractivity contribution in [1.82, 2.24) is 4.98 Å². The molecule has 0 saturated carbocycles. The van der Waals surface area contributed by atoms with Crippen molar-refractivity contribution in [2.45, 2.75) is 25.4 Å². The lowest BCUT2D eigenvalue weighted by molar-refractivity contribution is -0.150. The number of hydrogen-bond acceptors (Lipinski definition) is 4. The number of nitrogens with zero attached hydrogens (tertiary/aromatic N) is 1. The molecule has 0 amide bonds. The molecule has 7 heteroatoms. The molecule has 0 saturated heterocycles. The van der Waals surface area contributed by atoms with Crippen molar-refractivity contribution in [2.24, 2.45) is 0 Å². The van der Waals surface area contributed by atoms with Crippen molar-refractivity contribution < 1.29 is 27.5 Å². The van der Waals surface area contributed by atoms with Crippen LogP contribution in [0.4, 0.5) is 13.2 Å². The van der Waals surface area contributed by atoms with Gasteiger partial charge in [0, 0.05) is 6.20 Å². The van der Waals surface area contributed by atoms with Gasteiger partial charge in [-0.15, -0.1) is 0 Å². The molecule has 19 heavy (non-hydrogen) atoms. The van der Waals surface area contributed by atoms with Gasteiger partial charge in [0.25, 0.3) is 0 Å². The maximum Gasteiger partial charge on any atom is 0.433 e. The molecule has 1 aromatic heterocycles. The number of halogens is 3. The molecule has 0 bridgehead atoms. The van der Waals surface area contributed by atoms with E-state index in [9.17, 15) is 22.8 Å². The molecule has 0 radical (unpaired) electrons. The van der Waals surface area contributed by atoms with Gasteiger partial charge in [-0.2, -0.15) is 13.2 Å². The summed E-state index contributed by atoms with van der Waals surface area (Å²) in [7, 11) is 0. The average Bonchev–Trinajstić information content (AvgIpc) is 2.37. The lowest BCUT2D eigenvalue weighted by atomic mass is 9.85. The maximum atomic E-state index is 12.4. The van der Waals surface area contributed by atoms with Gasteiger partial charge in [-0.05, 0) is 25.5 Å². The highest BCUT2D eigenvalue weighted by molar-refractivity contribution is 5.99. The van der Waals surface area contributed by atoms with E-state index in [0.29, 0.717) is 6.29 Å². The monoisotopic (exact) mass is 275 g/mol. The number of esters is 1. The molecule has 0 aliphatic carbocycles. The number of pyridine rings is 1. The van der Waals surface area contributed by atoms with Crippen LogP contribution in [-0.2, 0) is 25.9 Å². The highest BCUT2D eigenvalue weighted by atomic mass is 19.4. The van der Waals surface area contributed by atoms with Crippen LogP contribution in [0.2, 0.25) is 0 Å². The summed E-state index contributed by atoms with van der Waals surface area (Å²) in [4.78, 5) is 26.0. The smallest absolute Gasteiger partial charge is 0.433 e. The van der Waals surface area contributed by atoms with Gasteiger partial charge >= 0.3 is 12.1 Å². The Bertz CT molecular complexity index is 470. The zero-order valence-corrected chi connectivity index (χ0v) is 10.3. The Hall–Kier alpha value is -1.92. The van der Waals surface area contributed by atoms with Crippen LogP contribution in [0.15, 0.2) is 18.3 Å². The second kappa shape index (κ2) is 5.38. The summed E-state index contributed by atoms with van der Waals surface area (Å²) in [5.41, 5.74) is -2.70. The van der Waals surface area contributed by atoms with Crippen molar-refractivity contribution in [3.8, 4) is 0 Å². The third-order valence-electron chi connectivity index (χ3n) is 2.59. The molecule has 1 rings (SSSR count). The maximum absolute atomic E-state index is 12.4. The number of rotatable bonds is 4. The normalized spacial score (nSPS) is 14.6. The van der Waals surface area contributed by atoms with Gasteiger partial charge in [0.15, 0.2) is 0 Å². The summed E-state index contributed by atoms with van der Waals surface area (Å²) in [6, 6.07) is 1.76. The van der Waals surface area contributed by atoms with Crippen LogP contribution in [0, 0.1) is 0 Å². The Kier molecular flexibility index (Phi) is 4.28. The van der Waals surface area contributed by atoms with Crippen LogP contribution >= 0.6 is 0 Å². The van der Waals surface area contributed by atoms with Gasteiger partial charge in [0.05, 0.1) is 6.61 Å². The molecule has 0 fully saturated rings. The van der Waals surface area contributed by atoms with E-state index in [0.717, 1.165) is 18.3 Å². The fourth-order valence-electron chi connectivity index (χ4n) is 1.38. The van der Waals surface area contributed by atoms with E-state index < -0.39 is 23.3 Å². The van der Waals surface area contributed by atoms with Crippen molar-refractivity contribution in [3.63, 3.8) is 0 Å². The minimum absolute atomic E-state index is 0.0500. The Morgan fingerprint density at radius 1 is 1.42 bits per heavy atom. The third kappa shape index (κ3) is 3.10. The summed E-state index contributed by atoms with van der Waals surface area (Å²) >= 11 is 0. The molecule has 104 valence electrons. The van der Waals surface area contributed by atoms with E-state index in [1.807, 2.05) is 0 Å². The van der Waals surface area contributed by atoms with Crippen LogP contribution < -0.4 is 0 Å². The molecule has 0 aromatic carbocycles. The van der Waals surface area contributed by atoms with Gasteiger partial charge in [0.1, 0.15) is 17.4 Å². The van der Waals surface area contributed by atoms with Gasteiger partial charge in [0.2, 0.25) is 0 Å². The molecular formula is C12H12F3NO3. The number of ether oxygens (including phenoxy) is 1. The van der Waals surface area contributed by atoms with Crippen molar-refractivity contribution in [2.75, 3.05) is 6.61 Å². The average molecular weight is 275 g/mol. The fraction of sp³-hybridized carbons (Fsp3) is 0.417. The minimum Gasteiger partial charge on any atom is -0.465 e. The third-order valence-corrected chi connectivity index (χ3v) is 2.59. The van der Waals surface area contributed by atoms with Gasteiger partial charge < -0.3 is 9.53 Å². The summed E-state index contributed by atoms with van der Waals surface area (Å²) in [6.45, 7) is 2.90. The number of aromatic nitrogens is 1. The fourth-order valence-corrected chi connectivity index (χ4v) is 1.38. The number of aldehydes is 1. The first kappa shape index (κ1) is 15.1. The molecule has 0 spiro atoms.